The molecule has 0 saturated carbocycles. The summed E-state index contributed by atoms with van der Waals surface area (Å²) in [5.41, 5.74) is 0. The van der Waals surface area contributed by atoms with Crippen LogP contribution in [0.25, 0.3) is 0 Å². The molecule has 2 atom stereocenters. The van der Waals surface area contributed by atoms with Crippen molar-refractivity contribution >= 4 is 17.9 Å². The van der Waals surface area contributed by atoms with Crippen LogP contribution >= 0.6 is 0 Å². The fourth-order valence-corrected chi connectivity index (χ4v) is 10.6. The zero-order chi connectivity index (χ0) is 58.3. The maximum Gasteiger partial charge on any atom is 0.361 e. The van der Waals surface area contributed by atoms with Crippen molar-refractivity contribution in [1.82, 2.24) is 0 Å². The molecule has 9 heteroatoms. The Kier molecular flexibility index (Phi) is 61.1. The molecule has 2 unspecified atom stereocenters. The van der Waals surface area contributed by atoms with Gasteiger partial charge in [-0.15, -0.1) is 0 Å². The summed E-state index contributed by atoms with van der Waals surface area (Å²) >= 11 is 0. The second-order valence-corrected chi connectivity index (χ2v) is 25.2. The van der Waals surface area contributed by atoms with E-state index in [1.54, 1.807) is 0 Å². The van der Waals surface area contributed by atoms with Crippen LogP contribution in [-0.2, 0) is 33.3 Å². The molecule has 0 aliphatic carbocycles. The molecule has 9 nitrogen and oxygen atoms in total. The van der Waals surface area contributed by atoms with Gasteiger partial charge in [0.1, 0.15) is 13.2 Å². The lowest BCUT2D eigenvalue weighted by atomic mass is 10.0. The summed E-state index contributed by atoms with van der Waals surface area (Å²) in [7, 11) is 5.99. The van der Waals surface area contributed by atoms with Gasteiger partial charge in [-0.3, -0.25) is 9.59 Å². The number of esters is 2. The first-order valence-electron chi connectivity index (χ1n) is 35.0. The van der Waals surface area contributed by atoms with E-state index in [9.17, 15) is 19.5 Å². The van der Waals surface area contributed by atoms with Crippen LogP contribution in [0.3, 0.4) is 0 Å². The second kappa shape index (κ2) is 62.8. The van der Waals surface area contributed by atoms with Gasteiger partial charge in [-0.25, -0.2) is 4.79 Å². The highest BCUT2D eigenvalue weighted by molar-refractivity contribution is 5.71. The number of carbonyl (C=O) groups excluding carboxylic acids is 2. The Morgan fingerprint density at radius 2 is 0.675 bits per heavy atom. The van der Waals surface area contributed by atoms with E-state index in [2.05, 4.69) is 38.2 Å². The molecule has 0 radical (unpaired) electrons. The number of likely N-dealkylation sites (N-methyl/N-ethyl adjacent to an activating group) is 1. The molecular weight excluding hydrogens is 995 g/mol. The Hall–Kier alpha value is -2.23. The van der Waals surface area contributed by atoms with Crippen LogP contribution in [-0.4, -0.2) is 87.4 Å². The van der Waals surface area contributed by atoms with Gasteiger partial charge in [-0.2, -0.15) is 0 Å². The van der Waals surface area contributed by atoms with Crippen LogP contribution in [0.15, 0.2) is 24.3 Å². The Bertz CT molecular complexity index is 1360. The summed E-state index contributed by atoms with van der Waals surface area (Å²) in [6, 6.07) is 0. The van der Waals surface area contributed by atoms with E-state index in [1.165, 1.54) is 283 Å². The number of hydrogen-bond donors (Lipinski definition) is 1. The molecule has 1 N–H and O–H groups in total. The first-order chi connectivity index (χ1) is 39.1. The Morgan fingerprint density at radius 3 is 0.988 bits per heavy atom. The summed E-state index contributed by atoms with van der Waals surface area (Å²) in [4.78, 5) is 37.5. The molecule has 472 valence electrons. The fourth-order valence-electron chi connectivity index (χ4n) is 10.6. The van der Waals surface area contributed by atoms with Crippen molar-refractivity contribution in [3.63, 3.8) is 0 Å². The van der Waals surface area contributed by atoms with E-state index in [0.29, 0.717) is 17.4 Å². The molecule has 0 amide bonds. The van der Waals surface area contributed by atoms with Crippen molar-refractivity contribution in [3.8, 4) is 0 Å². The van der Waals surface area contributed by atoms with Gasteiger partial charge >= 0.3 is 17.9 Å². The molecule has 0 aromatic rings. The first-order valence-corrected chi connectivity index (χ1v) is 35.0. The molecule has 0 fully saturated rings. The standard InChI is InChI=1S/C71H135NO8/c1-6-8-10-12-14-16-18-20-22-24-25-26-27-28-29-30-31-32-33-34-35-36-37-38-39-40-41-42-43-44-45-46-48-50-52-54-56-58-60-62-69(74)80-67(66-79-71(70(75)76)77-64-63-72(3,4)5)65-78-68(73)61-59-57-55-53-51-49-47-23-21-19-17-15-13-11-9-7-2/h18,20,24-25,67,71H,6-17,19,21-23,26-66H2,1-5H3/p+1/b20-18-,25-24-. The third-order valence-corrected chi connectivity index (χ3v) is 16.0. The van der Waals surface area contributed by atoms with Gasteiger partial charge in [0.25, 0.3) is 6.29 Å². The number of rotatable bonds is 66. The van der Waals surface area contributed by atoms with Gasteiger partial charge in [0.05, 0.1) is 34.4 Å². The quantitative estimate of drug-likeness (QED) is 0.0211. The molecule has 0 saturated heterocycles. The largest absolute Gasteiger partial charge is 0.477 e. The minimum atomic E-state index is -1.51. The Labute approximate surface area is 497 Å². The number of allylic oxidation sites excluding steroid dienone is 4. The Morgan fingerprint density at radius 1 is 0.375 bits per heavy atom. The maximum absolute atomic E-state index is 12.9. The zero-order valence-electron chi connectivity index (χ0n) is 54.0. The van der Waals surface area contributed by atoms with E-state index in [1.807, 2.05) is 21.1 Å². The van der Waals surface area contributed by atoms with E-state index in [-0.39, 0.29) is 38.2 Å². The summed E-state index contributed by atoms with van der Waals surface area (Å²) in [5, 5.41) is 9.72. The average Bonchev–Trinajstić information content (AvgIpc) is 3.43. The number of carboxylic acids is 1. The fraction of sp³-hybridized carbons (Fsp3) is 0.901. The minimum Gasteiger partial charge on any atom is -0.477 e. The minimum absolute atomic E-state index is 0.174. The lowest BCUT2D eigenvalue weighted by Gasteiger charge is -2.25. The molecular formula is C71H136NO8+. The molecule has 0 aromatic carbocycles. The monoisotopic (exact) mass is 1130 g/mol. The number of hydrogen-bond acceptors (Lipinski definition) is 7. The molecule has 80 heavy (non-hydrogen) atoms. The van der Waals surface area contributed by atoms with Crippen LogP contribution in [0.5, 0.6) is 0 Å². The van der Waals surface area contributed by atoms with Crippen molar-refractivity contribution in [1.29, 1.82) is 0 Å². The summed E-state index contributed by atoms with van der Waals surface area (Å²) in [6.07, 6.45) is 74.5. The van der Waals surface area contributed by atoms with Gasteiger partial charge in [0.15, 0.2) is 6.10 Å². The SMILES string of the molecule is CCCCCCC/C=C\C/C=C\CCCCCCCCCCCCCCCCCCCCCCCCCCCCCC(=O)OC(COC(=O)CCCCCCCCCCCCCCCCCC)COC(OCC[N+](C)(C)C)C(=O)O. The summed E-state index contributed by atoms with van der Waals surface area (Å²) in [6.45, 7) is 4.93. The maximum atomic E-state index is 12.9. The molecule has 0 aliphatic rings. The number of quaternary nitrogens is 1. The zero-order valence-corrected chi connectivity index (χ0v) is 54.0. The highest BCUT2D eigenvalue weighted by Gasteiger charge is 2.25. The van der Waals surface area contributed by atoms with Gasteiger partial charge in [0, 0.05) is 12.8 Å². The molecule has 0 rings (SSSR count). The number of aliphatic carboxylic acids is 1. The lowest BCUT2D eigenvalue weighted by Crippen LogP contribution is -2.40. The van der Waals surface area contributed by atoms with Gasteiger partial charge < -0.3 is 28.5 Å². The topological polar surface area (TPSA) is 108 Å². The van der Waals surface area contributed by atoms with E-state index < -0.39 is 18.4 Å². The highest BCUT2D eigenvalue weighted by atomic mass is 16.7. The number of carboxylic acid groups (broad SMARTS) is 1. The first kappa shape index (κ1) is 77.8. The molecule has 0 bridgehead atoms. The second-order valence-electron chi connectivity index (χ2n) is 25.2. The van der Waals surface area contributed by atoms with Crippen molar-refractivity contribution < 1.29 is 42.9 Å². The van der Waals surface area contributed by atoms with Gasteiger partial charge in [0.2, 0.25) is 0 Å². The van der Waals surface area contributed by atoms with Crippen molar-refractivity contribution in [2.75, 3.05) is 47.5 Å². The van der Waals surface area contributed by atoms with Crippen LogP contribution in [0.2, 0.25) is 0 Å². The van der Waals surface area contributed by atoms with E-state index >= 15 is 0 Å². The van der Waals surface area contributed by atoms with Crippen molar-refractivity contribution in [3.05, 3.63) is 24.3 Å². The number of unbranched alkanes of at least 4 members (excludes halogenated alkanes) is 47. The molecule has 0 aromatic heterocycles. The molecule has 0 heterocycles. The van der Waals surface area contributed by atoms with E-state index in [0.717, 1.165) is 44.9 Å². The summed E-state index contributed by atoms with van der Waals surface area (Å²) in [5.74, 6) is -1.97. The molecule has 0 spiro atoms. The third-order valence-electron chi connectivity index (χ3n) is 16.0. The van der Waals surface area contributed by atoms with Crippen molar-refractivity contribution in [2.45, 2.75) is 367 Å². The van der Waals surface area contributed by atoms with Crippen molar-refractivity contribution in [2.24, 2.45) is 0 Å². The van der Waals surface area contributed by atoms with Gasteiger partial charge in [-0.05, 0) is 44.9 Å². The highest BCUT2D eigenvalue weighted by Crippen LogP contribution is 2.19. The van der Waals surface area contributed by atoms with Crippen LogP contribution in [0.1, 0.15) is 354 Å². The third kappa shape index (κ3) is 63.4. The normalized spacial score (nSPS) is 12.8. The van der Waals surface area contributed by atoms with Crippen LogP contribution in [0, 0.1) is 0 Å². The number of ether oxygens (including phenoxy) is 4. The average molecular weight is 1130 g/mol. The summed E-state index contributed by atoms with van der Waals surface area (Å²) < 4.78 is 23.0. The van der Waals surface area contributed by atoms with Gasteiger partial charge in [-0.1, -0.05) is 321 Å². The van der Waals surface area contributed by atoms with E-state index in [4.69, 9.17) is 18.9 Å². The lowest BCUT2D eigenvalue weighted by molar-refractivity contribution is -0.870. The Balaban J connectivity index is 3.92. The predicted octanol–water partition coefficient (Wildman–Crippen LogP) is 21.4. The number of nitrogens with zero attached hydrogens (tertiary/aromatic N) is 1. The number of carbonyl (C=O) groups is 3. The van der Waals surface area contributed by atoms with Crippen LogP contribution in [0.4, 0.5) is 0 Å². The predicted molar refractivity (Wildman–Crippen MR) is 341 cm³/mol. The van der Waals surface area contributed by atoms with Crippen LogP contribution < -0.4 is 0 Å². The molecule has 0 aliphatic heterocycles. The smallest absolute Gasteiger partial charge is 0.361 e.